The van der Waals surface area contributed by atoms with Crippen molar-refractivity contribution in [2.75, 3.05) is 13.6 Å². The summed E-state index contributed by atoms with van der Waals surface area (Å²) in [4.78, 5) is 24.9. The third-order valence-corrected chi connectivity index (χ3v) is 9.38. The molecule has 6 unspecified atom stereocenters. The fourth-order valence-electron chi connectivity index (χ4n) is 6.15. The van der Waals surface area contributed by atoms with Gasteiger partial charge in [-0.1, -0.05) is 104 Å². The zero-order valence-electron chi connectivity index (χ0n) is 28.2. The molecular formula is C40H46N2O7. The second-order valence-corrected chi connectivity index (χ2v) is 12.9. The van der Waals surface area contributed by atoms with Gasteiger partial charge in [0.15, 0.2) is 6.29 Å². The minimum atomic E-state index is -0.998. The van der Waals surface area contributed by atoms with E-state index in [1.807, 2.05) is 117 Å². The van der Waals surface area contributed by atoms with E-state index in [2.05, 4.69) is 17.1 Å². The standard InChI is InChI=1S/C40H46N2O7/c1-26-35(24-42(3)27(2)38(47)31-9-5-4-6-10-31)48-40(49-39(26)32-14-12-28(25-43)13-15-32)33-18-16-30(17-19-33)34-11-7-8-29(22-34)23-41-36(44)20-21-37(45)46/h4-19,22,26-27,35,38-40,43,47H,20-21,23-25H2,1-3H3,(H,41,44)(H,45,46). The van der Waals surface area contributed by atoms with Gasteiger partial charge in [0.25, 0.3) is 0 Å². The summed E-state index contributed by atoms with van der Waals surface area (Å²) >= 11 is 0. The molecule has 1 heterocycles. The first-order chi connectivity index (χ1) is 23.6. The summed E-state index contributed by atoms with van der Waals surface area (Å²) in [6, 6.07) is 33.3. The highest BCUT2D eigenvalue weighted by atomic mass is 16.7. The lowest BCUT2D eigenvalue weighted by atomic mass is 9.89. The van der Waals surface area contributed by atoms with E-state index in [1.165, 1.54) is 0 Å². The van der Waals surface area contributed by atoms with E-state index in [4.69, 9.17) is 14.6 Å². The molecular weight excluding hydrogens is 620 g/mol. The Labute approximate surface area is 288 Å². The molecule has 0 radical (unpaired) electrons. The van der Waals surface area contributed by atoms with Crippen molar-refractivity contribution < 1.29 is 34.4 Å². The maximum Gasteiger partial charge on any atom is 0.303 e. The van der Waals surface area contributed by atoms with E-state index < -0.39 is 18.4 Å². The molecule has 0 bridgehead atoms. The van der Waals surface area contributed by atoms with E-state index in [9.17, 15) is 19.8 Å². The van der Waals surface area contributed by atoms with Crippen LogP contribution in [-0.4, -0.2) is 57.8 Å². The maximum absolute atomic E-state index is 12.0. The van der Waals surface area contributed by atoms with Gasteiger partial charge in [-0.15, -0.1) is 0 Å². The summed E-state index contributed by atoms with van der Waals surface area (Å²) < 4.78 is 13.3. The van der Waals surface area contributed by atoms with Crippen LogP contribution < -0.4 is 5.32 Å². The summed E-state index contributed by atoms with van der Waals surface area (Å²) in [7, 11) is 2.01. The summed E-state index contributed by atoms with van der Waals surface area (Å²) in [6.45, 7) is 5.01. The van der Waals surface area contributed by atoms with Gasteiger partial charge in [0, 0.05) is 37.0 Å². The van der Waals surface area contributed by atoms with E-state index >= 15 is 0 Å². The first kappa shape index (κ1) is 35.9. The Morgan fingerprint density at radius 3 is 2.20 bits per heavy atom. The first-order valence-corrected chi connectivity index (χ1v) is 16.7. The van der Waals surface area contributed by atoms with Crippen LogP contribution >= 0.6 is 0 Å². The predicted octanol–water partition coefficient (Wildman–Crippen LogP) is 6.17. The number of carbonyl (C=O) groups excluding carboxylic acids is 1. The Hall–Kier alpha value is -4.38. The minimum absolute atomic E-state index is 0.00798. The van der Waals surface area contributed by atoms with Crippen molar-refractivity contribution in [2.45, 2.75) is 70.5 Å². The largest absolute Gasteiger partial charge is 0.481 e. The highest BCUT2D eigenvalue weighted by Crippen LogP contribution is 2.42. The molecule has 0 spiro atoms. The second kappa shape index (κ2) is 16.8. The van der Waals surface area contributed by atoms with Crippen molar-refractivity contribution >= 4 is 11.9 Å². The Kier molecular flexibility index (Phi) is 12.3. The van der Waals surface area contributed by atoms with Crippen LogP contribution in [0.3, 0.4) is 0 Å². The van der Waals surface area contributed by atoms with Crippen molar-refractivity contribution in [3.63, 3.8) is 0 Å². The predicted molar refractivity (Wildman–Crippen MR) is 187 cm³/mol. The molecule has 1 aliphatic rings. The van der Waals surface area contributed by atoms with Crippen molar-refractivity contribution in [3.05, 3.63) is 131 Å². The summed E-state index contributed by atoms with van der Waals surface area (Å²) in [6.07, 6.45) is -2.01. The molecule has 5 rings (SSSR count). The number of benzene rings is 4. The van der Waals surface area contributed by atoms with Gasteiger partial charge in [0.05, 0.1) is 31.3 Å². The Bertz CT molecular complexity index is 1660. The number of aliphatic hydroxyl groups excluding tert-OH is 2. The van der Waals surface area contributed by atoms with Crippen LogP contribution in [0.25, 0.3) is 11.1 Å². The second-order valence-electron chi connectivity index (χ2n) is 12.9. The fraction of sp³-hybridized carbons (Fsp3) is 0.350. The third-order valence-electron chi connectivity index (χ3n) is 9.38. The lowest BCUT2D eigenvalue weighted by Crippen LogP contribution is -2.46. The Balaban J connectivity index is 1.32. The molecule has 49 heavy (non-hydrogen) atoms. The van der Waals surface area contributed by atoms with Crippen LogP contribution in [0.5, 0.6) is 0 Å². The molecule has 9 heteroatoms. The average molecular weight is 667 g/mol. The number of amides is 1. The van der Waals surface area contributed by atoms with Gasteiger partial charge in [-0.3, -0.25) is 14.5 Å². The summed E-state index contributed by atoms with van der Waals surface area (Å²) in [5.74, 6) is -1.30. The number of hydrogen-bond acceptors (Lipinski definition) is 7. The third kappa shape index (κ3) is 9.41. The van der Waals surface area contributed by atoms with Gasteiger partial charge in [-0.25, -0.2) is 0 Å². The molecule has 0 aromatic heterocycles. The quantitative estimate of drug-likeness (QED) is 0.126. The molecule has 258 valence electrons. The van der Waals surface area contributed by atoms with Gasteiger partial charge in [-0.05, 0) is 53.4 Å². The molecule has 0 saturated carbocycles. The van der Waals surface area contributed by atoms with E-state index in [-0.39, 0.29) is 49.5 Å². The van der Waals surface area contributed by atoms with Crippen LogP contribution in [0, 0.1) is 5.92 Å². The smallest absolute Gasteiger partial charge is 0.303 e. The van der Waals surface area contributed by atoms with Crippen molar-refractivity contribution in [1.82, 2.24) is 10.2 Å². The van der Waals surface area contributed by atoms with Crippen molar-refractivity contribution in [3.8, 4) is 11.1 Å². The zero-order valence-corrected chi connectivity index (χ0v) is 28.2. The molecule has 4 N–H and O–H groups in total. The lowest BCUT2D eigenvalue weighted by Gasteiger charge is -2.43. The molecule has 4 aromatic rings. The number of carboxylic acids is 1. The van der Waals surface area contributed by atoms with Gasteiger partial charge in [0.2, 0.25) is 5.91 Å². The number of aliphatic carboxylic acids is 1. The molecule has 4 aromatic carbocycles. The van der Waals surface area contributed by atoms with Crippen molar-refractivity contribution in [2.24, 2.45) is 5.92 Å². The zero-order chi connectivity index (χ0) is 34.9. The summed E-state index contributed by atoms with van der Waals surface area (Å²) in [5, 5.41) is 32.3. The van der Waals surface area contributed by atoms with Gasteiger partial charge in [-0.2, -0.15) is 0 Å². The number of likely N-dealkylation sites (N-methyl/N-ethyl adjacent to an activating group) is 1. The number of carboxylic acid groups (broad SMARTS) is 1. The van der Waals surface area contributed by atoms with E-state index in [1.54, 1.807) is 0 Å². The Morgan fingerprint density at radius 2 is 1.53 bits per heavy atom. The van der Waals surface area contributed by atoms with Gasteiger partial charge >= 0.3 is 5.97 Å². The van der Waals surface area contributed by atoms with E-state index in [0.717, 1.165) is 38.9 Å². The maximum atomic E-state index is 12.0. The fourth-order valence-corrected chi connectivity index (χ4v) is 6.15. The number of hydrogen-bond donors (Lipinski definition) is 4. The highest BCUT2D eigenvalue weighted by Gasteiger charge is 2.39. The molecule has 6 atom stereocenters. The Morgan fingerprint density at radius 1 is 0.837 bits per heavy atom. The molecule has 9 nitrogen and oxygen atoms in total. The number of rotatable bonds is 14. The van der Waals surface area contributed by atoms with Gasteiger partial charge in [0.1, 0.15) is 0 Å². The van der Waals surface area contributed by atoms with Crippen LogP contribution in [-0.2, 0) is 32.2 Å². The lowest BCUT2D eigenvalue weighted by molar-refractivity contribution is -0.276. The number of carbonyl (C=O) groups is 2. The normalized spacial score (nSPS) is 20.4. The molecule has 0 aliphatic carbocycles. The monoisotopic (exact) mass is 666 g/mol. The van der Waals surface area contributed by atoms with Crippen LogP contribution in [0.15, 0.2) is 103 Å². The highest BCUT2D eigenvalue weighted by molar-refractivity contribution is 5.80. The molecule has 1 amide bonds. The average Bonchev–Trinajstić information content (AvgIpc) is 3.13. The SMILES string of the molecule is CC1C(CN(C)C(C)C(O)c2ccccc2)OC(c2ccc(-c3cccc(CNC(=O)CCC(=O)O)c3)cc2)OC1c1ccc(CO)cc1. The van der Waals surface area contributed by atoms with Gasteiger partial charge < -0.3 is 30.1 Å². The summed E-state index contributed by atoms with van der Waals surface area (Å²) in [5.41, 5.74) is 6.46. The topological polar surface area (TPSA) is 129 Å². The van der Waals surface area contributed by atoms with Crippen LogP contribution in [0.1, 0.15) is 73.0 Å². The van der Waals surface area contributed by atoms with E-state index in [0.29, 0.717) is 13.1 Å². The number of aliphatic hydroxyl groups is 2. The number of ether oxygens (including phenoxy) is 2. The molecule has 1 saturated heterocycles. The number of nitrogens with zero attached hydrogens (tertiary/aromatic N) is 1. The van der Waals surface area contributed by atoms with Crippen molar-refractivity contribution in [1.29, 1.82) is 0 Å². The van der Waals surface area contributed by atoms with Crippen LogP contribution in [0.4, 0.5) is 0 Å². The molecule has 1 fully saturated rings. The number of nitrogens with one attached hydrogen (secondary N) is 1. The minimum Gasteiger partial charge on any atom is -0.481 e. The molecule has 1 aliphatic heterocycles. The van der Waals surface area contributed by atoms with Crippen LogP contribution in [0.2, 0.25) is 0 Å². The first-order valence-electron chi connectivity index (χ1n) is 16.7.